The molecule has 1 N–H and O–H groups in total. The molecule has 40 heavy (non-hydrogen) atoms. The Morgan fingerprint density at radius 1 is 1.07 bits per heavy atom. The van der Waals surface area contributed by atoms with Crippen molar-refractivity contribution in [2.24, 2.45) is 0 Å². The molecule has 0 unspecified atom stereocenters. The molecule has 1 fully saturated rings. The largest absolute Gasteiger partial charge is 0.350 e. The average Bonchev–Trinajstić information content (AvgIpc) is 3.47. The summed E-state index contributed by atoms with van der Waals surface area (Å²) in [5.74, 6) is -0.264. The van der Waals surface area contributed by atoms with E-state index in [2.05, 4.69) is 36.2 Å². The number of aromatic nitrogens is 3. The lowest BCUT2D eigenvalue weighted by Gasteiger charge is -2.23. The topological polar surface area (TPSA) is 105 Å². The highest BCUT2D eigenvalue weighted by molar-refractivity contribution is 9.10. The van der Waals surface area contributed by atoms with Gasteiger partial charge in [-0.05, 0) is 73.4 Å². The number of sulfonamides is 1. The van der Waals surface area contributed by atoms with Crippen molar-refractivity contribution in [3.05, 3.63) is 101 Å². The summed E-state index contributed by atoms with van der Waals surface area (Å²) in [6.45, 7) is 0.730. The van der Waals surface area contributed by atoms with Crippen LogP contribution in [0.15, 0.2) is 88.5 Å². The molecule has 4 aromatic rings. The number of hydrogen-bond donors (Lipinski definition) is 1. The van der Waals surface area contributed by atoms with Gasteiger partial charge in [-0.3, -0.25) is 9.78 Å². The first-order valence-electron chi connectivity index (χ1n) is 12.9. The molecule has 0 radical (unpaired) electrons. The van der Waals surface area contributed by atoms with Gasteiger partial charge in [0.15, 0.2) is 5.78 Å². The molecule has 8 nitrogen and oxygen atoms in total. The van der Waals surface area contributed by atoms with E-state index in [1.807, 2.05) is 42.5 Å². The van der Waals surface area contributed by atoms with Gasteiger partial charge in [0.2, 0.25) is 16.0 Å². The van der Waals surface area contributed by atoms with Crippen LogP contribution in [0.4, 0.5) is 10.3 Å². The van der Waals surface area contributed by atoms with Crippen LogP contribution in [0.1, 0.15) is 30.5 Å². The number of nitrogens with one attached hydrogen (secondary N) is 1. The van der Waals surface area contributed by atoms with Gasteiger partial charge in [0.25, 0.3) is 0 Å². The van der Waals surface area contributed by atoms with Gasteiger partial charge in [-0.15, -0.1) is 0 Å². The quantitative estimate of drug-likeness (QED) is 0.252. The average molecular weight is 625 g/mol. The Balaban J connectivity index is 1.33. The van der Waals surface area contributed by atoms with Gasteiger partial charge in [0.05, 0.1) is 16.6 Å². The molecule has 1 aliphatic heterocycles. The molecule has 0 saturated carbocycles. The van der Waals surface area contributed by atoms with E-state index in [0.717, 1.165) is 27.7 Å². The third-order valence-electron chi connectivity index (χ3n) is 6.72. The molecule has 3 heterocycles. The second-order valence-electron chi connectivity index (χ2n) is 9.48. The summed E-state index contributed by atoms with van der Waals surface area (Å²) >= 11 is 3.46. The molecule has 0 amide bonds. The van der Waals surface area contributed by atoms with E-state index in [0.29, 0.717) is 43.1 Å². The number of Topliss-reactive ketones (excluding diaryl/α,β-unsaturated/α-hetero) is 1. The van der Waals surface area contributed by atoms with Crippen LogP contribution in [0, 0.1) is 5.82 Å². The van der Waals surface area contributed by atoms with Crippen molar-refractivity contribution >= 4 is 37.7 Å². The van der Waals surface area contributed by atoms with Crippen molar-refractivity contribution in [3.8, 4) is 11.3 Å². The zero-order valence-corrected chi connectivity index (χ0v) is 23.9. The molecular formula is C29H27BrFN5O3S. The summed E-state index contributed by atoms with van der Waals surface area (Å²) in [6.07, 6.45) is 4.95. The highest BCUT2D eigenvalue weighted by Crippen LogP contribution is 2.28. The van der Waals surface area contributed by atoms with Gasteiger partial charge in [-0.25, -0.2) is 22.8 Å². The number of hydrogen-bond acceptors (Lipinski definition) is 7. The Hall–Kier alpha value is -3.54. The van der Waals surface area contributed by atoms with E-state index in [4.69, 9.17) is 0 Å². The number of pyridine rings is 1. The number of benzene rings is 2. The Bertz CT molecular complexity index is 1590. The summed E-state index contributed by atoms with van der Waals surface area (Å²) in [4.78, 5) is 26.7. The van der Waals surface area contributed by atoms with Crippen molar-refractivity contribution in [2.75, 3.05) is 11.9 Å². The van der Waals surface area contributed by atoms with Crippen LogP contribution in [-0.2, 0) is 27.8 Å². The number of carbonyl (C=O) groups excluding carboxylic acids is 1. The minimum Gasteiger partial charge on any atom is -0.350 e. The van der Waals surface area contributed by atoms with Gasteiger partial charge in [-0.2, -0.15) is 4.31 Å². The summed E-state index contributed by atoms with van der Waals surface area (Å²) < 4.78 is 42.0. The lowest BCUT2D eigenvalue weighted by atomic mass is 10.0. The fourth-order valence-corrected chi connectivity index (χ4v) is 6.61. The third-order valence-corrected chi connectivity index (χ3v) is 9.17. The normalized spacial score (nSPS) is 15.7. The van der Waals surface area contributed by atoms with Crippen molar-refractivity contribution < 1.29 is 17.6 Å². The van der Waals surface area contributed by atoms with E-state index in [9.17, 15) is 17.6 Å². The Kier molecular flexibility index (Phi) is 8.63. The van der Waals surface area contributed by atoms with Gasteiger partial charge in [0.1, 0.15) is 5.82 Å². The molecule has 1 saturated heterocycles. The molecule has 2 aromatic heterocycles. The Labute approximate surface area is 240 Å². The number of halogens is 2. The number of nitrogens with zero attached hydrogens (tertiary/aromatic N) is 4. The second-order valence-corrected chi connectivity index (χ2v) is 12.3. The van der Waals surface area contributed by atoms with Gasteiger partial charge >= 0.3 is 0 Å². The highest BCUT2D eigenvalue weighted by atomic mass is 79.9. The van der Waals surface area contributed by atoms with E-state index in [-0.39, 0.29) is 23.6 Å². The van der Waals surface area contributed by atoms with Gasteiger partial charge < -0.3 is 5.32 Å². The van der Waals surface area contributed by atoms with Crippen LogP contribution in [0.3, 0.4) is 0 Å². The summed E-state index contributed by atoms with van der Waals surface area (Å²) in [5.41, 5.74) is 3.25. The number of aryl methyl sites for hydroxylation is 1. The highest BCUT2D eigenvalue weighted by Gasteiger charge is 2.39. The van der Waals surface area contributed by atoms with Crippen molar-refractivity contribution in [3.63, 3.8) is 0 Å². The molecule has 1 aliphatic rings. The van der Waals surface area contributed by atoms with E-state index < -0.39 is 21.9 Å². The number of ketones is 1. The maximum absolute atomic E-state index is 13.4. The molecule has 2 aromatic carbocycles. The van der Waals surface area contributed by atoms with Gasteiger partial charge in [-0.1, -0.05) is 34.1 Å². The first-order chi connectivity index (χ1) is 19.3. The maximum atomic E-state index is 13.4. The Morgan fingerprint density at radius 3 is 2.58 bits per heavy atom. The standard InChI is InChI=1S/C29H27BrFN5O3S/c30-22-7-5-21(6-8-22)26-17-24(34-29(35-26)33-19-20-3-1-15-32-18-20)11-14-28(37)27-4-2-16-36(27)40(38,39)25-12-9-23(31)10-13-25/h1,3,5-10,12-13,15,17-18,27H,2,4,11,14,16,19H2,(H,33,34,35)/t27-/m0/s1. The van der Waals surface area contributed by atoms with E-state index in [1.54, 1.807) is 12.4 Å². The van der Waals surface area contributed by atoms with E-state index >= 15 is 0 Å². The lowest BCUT2D eigenvalue weighted by Crippen LogP contribution is -2.40. The fourth-order valence-electron chi connectivity index (χ4n) is 4.67. The number of anilines is 1. The molecule has 5 rings (SSSR count). The molecule has 206 valence electrons. The molecular weight excluding hydrogens is 597 g/mol. The molecule has 1 atom stereocenters. The zero-order chi connectivity index (χ0) is 28.1. The van der Waals surface area contributed by atoms with Gasteiger partial charge in [0, 0.05) is 47.6 Å². The fraction of sp³-hybridized carbons (Fsp3) is 0.241. The van der Waals surface area contributed by atoms with Crippen LogP contribution in [0.5, 0.6) is 0 Å². The first kappa shape index (κ1) is 28.0. The first-order valence-corrected chi connectivity index (χ1v) is 15.1. The predicted molar refractivity (Wildman–Crippen MR) is 153 cm³/mol. The van der Waals surface area contributed by atoms with Crippen LogP contribution in [0.2, 0.25) is 0 Å². The minimum absolute atomic E-state index is 0.0205. The zero-order valence-electron chi connectivity index (χ0n) is 21.5. The molecule has 0 bridgehead atoms. The molecule has 0 spiro atoms. The third kappa shape index (κ3) is 6.60. The predicted octanol–water partition coefficient (Wildman–Crippen LogP) is 5.41. The molecule has 11 heteroatoms. The van der Waals surface area contributed by atoms with E-state index in [1.165, 1.54) is 16.4 Å². The number of carbonyl (C=O) groups is 1. The van der Waals surface area contributed by atoms with Crippen LogP contribution < -0.4 is 5.32 Å². The smallest absolute Gasteiger partial charge is 0.243 e. The maximum Gasteiger partial charge on any atom is 0.243 e. The number of rotatable bonds is 10. The van der Waals surface area contributed by atoms with Crippen LogP contribution >= 0.6 is 15.9 Å². The SMILES string of the molecule is O=C(CCc1cc(-c2ccc(Br)cc2)nc(NCc2cccnc2)n1)[C@@H]1CCCN1S(=O)(=O)c1ccc(F)cc1. The lowest BCUT2D eigenvalue weighted by molar-refractivity contribution is -0.122. The summed E-state index contributed by atoms with van der Waals surface area (Å²) in [5, 5.41) is 3.24. The Morgan fingerprint density at radius 2 is 1.85 bits per heavy atom. The monoisotopic (exact) mass is 623 g/mol. The van der Waals surface area contributed by atoms with Crippen molar-refractivity contribution in [1.82, 2.24) is 19.3 Å². The van der Waals surface area contributed by atoms with Crippen molar-refractivity contribution in [1.29, 1.82) is 0 Å². The minimum atomic E-state index is -3.92. The molecule has 0 aliphatic carbocycles. The van der Waals surface area contributed by atoms with Crippen LogP contribution in [-0.4, -0.2) is 46.0 Å². The summed E-state index contributed by atoms with van der Waals surface area (Å²) in [7, 11) is -3.92. The van der Waals surface area contributed by atoms with Crippen molar-refractivity contribution in [2.45, 2.75) is 43.2 Å². The second kappa shape index (κ2) is 12.3. The summed E-state index contributed by atoms with van der Waals surface area (Å²) in [6, 6.07) is 17.3. The van der Waals surface area contributed by atoms with Crippen LogP contribution in [0.25, 0.3) is 11.3 Å².